The van der Waals surface area contributed by atoms with Gasteiger partial charge in [0.05, 0.1) is 15.7 Å². The van der Waals surface area contributed by atoms with E-state index < -0.39 is 0 Å². The fraction of sp³-hybridized carbons (Fsp3) is 0.143. The van der Waals surface area contributed by atoms with Crippen molar-refractivity contribution in [2.45, 2.75) is 6.92 Å². The van der Waals surface area contributed by atoms with Gasteiger partial charge in [-0.05, 0) is 13.0 Å². The molecule has 0 atom stereocenters. The van der Waals surface area contributed by atoms with Crippen LogP contribution in [0.2, 0.25) is 5.02 Å². The smallest absolute Gasteiger partial charge is 0.0824 e. The minimum Gasteiger partial charge on any atom is -0.349 e. The van der Waals surface area contributed by atoms with Crippen LogP contribution in [0.3, 0.4) is 0 Å². The van der Waals surface area contributed by atoms with E-state index in [1.165, 1.54) is 0 Å². The summed E-state index contributed by atoms with van der Waals surface area (Å²) in [7, 11) is 0. The molecule has 11 heavy (non-hydrogen) atoms. The predicted molar refractivity (Wildman–Crippen MR) is 51.1 cm³/mol. The molecule has 0 saturated carbocycles. The zero-order valence-corrected chi connectivity index (χ0v) is 7.54. The van der Waals surface area contributed by atoms with Crippen molar-refractivity contribution in [1.82, 2.24) is 4.98 Å². The molecular weight excluding hydrogens is 180 g/mol. The van der Waals surface area contributed by atoms with Crippen LogP contribution in [0, 0.1) is 0 Å². The molecular formula is C7H7ClN2S. The molecule has 0 amide bonds. The van der Waals surface area contributed by atoms with E-state index in [0.717, 1.165) is 5.69 Å². The molecule has 0 unspecified atom stereocenters. The molecule has 58 valence electrons. The van der Waals surface area contributed by atoms with Crippen LogP contribution in [-0.2, 0) is 0 Å². The van der Waals surface area contributed by atoms with Gasteiger partial charge in [-0.2, -0.15) is 0 Å². The summed E-state index contributed by atoms with van der Waals surface area (Å²) in [6, 6.07) is 1.78. The summed E-state index contributed by atoms with van der Waals surface area (Å²) in [5.74, 6) is 0. The van der Waals surface area contributed by atoms with Gasteiger partial charge in [0.25, 0.3) is 0 Å². The first-order valence-corrected chi connectivity index (χ1v) is 3.86. The topological polar surface area (TPSA) is 24.9 Å². The summed E-state index contributed by atoms with van der Waals surface area (Å²) in [5, 5.41) is 3.51. The number of nitrogens with one attached hydrogen (secondary N) is 1. The van der Waals surface area contributed by atoms with Gasteiger partial charge in [-0.1, -0.05) is 23.8 Å². The monoisotopic (exact) mass is 186 g/mol. The van der Waals surface area contributed by atoms with Crippen molar-refractivity contribution >= 4 is 34.5 Å². The fourth-order valence-corrected chi connectivity index (χ4v) is 0.943. The van der Waals surface area contributed by atoms with Gasteiger partial charge in [-0.25, -0.2) is 0 Å². The molecule has 0 aliphatic heterocycles. The van der Waals surface area contributed by atoms with E-state index in [0.29, 0.717) is 10.0 Å². The molecule has 2 nitrogen and oxygen atoms in total. The predicted octanol–water partition coefficient (Wildman–Crippen LogP) is 2.49. The van der Waals surface area contributed by atoms with E-state index in [-0.39, 0.29) is 0 Å². The summed E-state index contributed by atoms with van der Waals surface area (Å²) >= 11 is 10.6. The van der Waals surface area contributed by atoms with Crippen molar-refractivity contribution in [1.29, 1.82) is 0 Å². The SMILES string of the molecule is CC(=S)Nc1ccncc1Cl. The average molecular weight is 187 g/mol. The molecule has 0 aliphatic carbocycles. The Hall–Kier alpha value is -0.670. The third kappa shape index (κ3) is 2.44. The van der Waals surface area contributed by atoms with Gasteiger partial charge in [0, 0.05) is 12.4 Å². The molecule has 0 aromatic carbocycles. The lowest BCUT2D eigenvalue weighted by molar-refractivity contribution is 1.33. The number of rotatable bonds is 1. The van der Waals surface area contributed by atoms with E-state index >= 15 is 0 Å². The van der Waals surface area contributed by atoms with Gasteiger partial charge >= 0.3 is 0 Å². The number of pyridine rings is 1. The molecule has 1 heterocycles. The van der Waals surface area contributed by atoms with Crippen molar-refractivity contribution in [2.75, 3.05) is 5.32 Å². The molecule has 1 N–H and O–H groups in total. The highest BCUT2D eigenvalue weighted by Crippen LogP contribution is 2.18. The Labute approximate surface area is 75.6 Å². The Bertz CT molecular complexity index is 275. The van der Waals surface area contributed by atoms with Crippen molar-refractivity contribution in [3.63, 3.8) is 0 Å². The molecule has 1 aromatic rings. The minimum atomic E-state index is 0.580. The van der Waals surface area contributed by atoms with E-state index in [4.69, 9.17) is 23.8 Å². The second kappa shape index (κ2) is 3.64. The van der Waals surface area contributed by atoms with Crippen molar-refractivity contribution in [3.8, 4) is 0 Å². The number of aromatic nitrogens is 1. The summed E-state index contributed by atoms with van der Waals surface area (Å²) in [4.78, 5) is 4.53. The van der Waals surface area contributed by atoms with Crippen LogP contribution in [-0.4, -0.2) is 9.97 Å². The van der Waals surface area contributed by atoms with Gasteiger partial charge < -0.3 is 5.32 Å². The number of halogens is 1. The Morgan fingerprint density at radius 2 is 2.45 bits per heavy atom. The van der Waals surface area contributed by atoms with Crippen LogP contribution < -0.4 is 5.32 Å². The number of nitrogens with zero attached hydrogens (tertiary/aromatic N) is 1. The molecule has 1 rings (SSSR count). The third-order valence-electron chi connectivity index (χ3n) is 1.08. The molecule has 4 heteroatoms. The average Bonchev–Trinajstić information content (AvgIpc) is 1.93. The highest BCUT2D eigenvalue weighted by atomic mass is 35.5. The zero-order valence-electron chi connectivity index (χ0n) is 5.97. The largest absolute Gasteiger partial charge is 0.349 e. The molecule has 0 fully saturated rings. The Kier molecular flexibility index (Phi) is 2.79. The summed E-state index contributed by atoms with van der Waals surface area (Å²) in [6.45, 7) is 1.80. The number of hydrogen-bond donors (Lipinski definition) is 1. The number of thiocarbonyl (C=S) groups is 1. The molecule has 0 radical (unpaired) electrons. The first-order valence-electron chi connectivity index (χ1n) is 3.07. The molecule has 0 spiro atoms. The fourth-order valence-electron chi connectivity index (χ4n) is 0.666. The Balaban J connectivity index is 2.86. The van der Waals surface area contributed by atoms with Crippen LogP contribution in [0.15, 0.2) is 18.5 Å². The van der Waals surface area contributed by atoms with Crippen LogP contribution >= 0.6 is 23.8 Å². The van der Waals surface area contributed by atoms with E-state index in [1.54, 1.807) is 25.4 Å². The van der Waals surface area contributed by atoms with Crippen LogP contribution in [0.1, 0.15) is 6.92 Å². The first-order chi connectivity index (χ1) is 5.20. The lowest BCUT2D eigenvalue weighted by Crippen LogP contribution is -2.03. The van der Waals surface area contributed by atoms with Gasteiger partial charge in [0.15, 0.2) is 0 Å². The highest BCUT2D eigenvalue weighted by Gasteiger charge is 1.97. The summed E-state index contributed by atoms with van der Waals surface area (Å²) < 4.78 is 0. The standard InChI is InChI=1S/C7H7ClN2S/c1-5(11)10-7-2-3-9-4-6(7)8/h2-4H,1H3,(H,9,10,11). The minimum absolute atomic E-state index is 0.580. The van der Waals surface area contributed by atoms with Gasteiger partial charge in [0.1, 0.15) is 0 Å². The molecule has 1 aromatic heterocycles. The number of hydrogen-bond acceptors (Lipinski definition) is 2. The van der Waals surface area contributed by atoms with E-state index in [2.05, 4.69) is 10.3 Å². The van der Waals surface area contributed by atoms with Crippen molar-refractivity contribution in [3.05, 3.63) is 23.5 Å². The molecule has 0 saturated heterocycles. The number of anilines is 1. The van der Waals surface area contributed by atoms with E-state index in [1.807, 2.05) is 0 Å². The highest BCUT2D eigenvalue weighted by molar-refractivity contribution is 7.80. The maximum Gasteiger partial charge on any atom is 0.0824 e. The summed E-state index contributed by atoms with van der Waals surface area (Å²) in [6.07, 6.45) is 3.23. The molecule has 0 bridgehead atoms. The lowest BCUT2D eigenvalue weighted by atomic mass is 10.4. The maximum atomic E-state index is 5.78. The van der Waals surface area contributed by atoms with Gasteiger partial charge in [-0.3, -0.25) is 4.98 Å². The van der Waals surface area contributed by atoms with Gasteiger partial charge in [-0.15, -0.1) is 0 Å². The second-order valence-corrected chi connectivity index (χ2v) is 3.06. The van der Waals surface area contributed by atoms with Crippen molar-refractivity contribution in [2.24, 2.45) is 0 Å². The van der Waals surface area contributed by atoms with Gasteiger partial charge in [0.2, 0.25) is 0 Å². The normalized spacial score (nSPS) is 9.27. The van der Waals surface area contributed by atoms with Crippen LogP contribution in [0.4, 0.5) is 5.69 Å². The summed E-state index contributed by atoms with van der Waals surface area (Å²) in [5.41, 5.74) is 0.800. The molecule has 0 aliphatic rings. The Morgan fingerprint density at radius 3 is 3.00 bits per heavy atom. The van der Waals surface area contributed by atoms with Crippen molar-refractivity contribution < 1.29 is 0 Å². The Morgan fingerprint density at radius 1 is 1.73 bits per heavy atom. The van der Waals surface area contributed by atoms with Crippen LogP contribution in [0.25, 0.3) is 0 Å². The van der Waals surface area contributed by atoms with Crippen LogP contribution in [0.5, 0.6) is 0 Å². The lowest BCUT2D eigenvalue weighted by Gasteiger charge is -2.03. The second-order valence-electron chi connectivity index (χ2n) is 2.04. The zero-order chi connectivity index (χ0) is 8.27. The third-order valence-corrected chi connectivity index (χ3v) is 1.49. The van der Waals surface area contributed by atoms with E-state index in [9.17, 15) is 0 Å². The first kappa shape index (κ1) is 8.43. The quantitative estimate of drug-likeness (QED) is 0.683. The maximum absolute atomic E-state index is 5.78.